The Morgan fingerprint density at radius 3 is 2.77 bits per heavy atom. The fourth-order valence-electron chi connectivity index (χ4n) is 7.08. The van der Waals surface area contributed by atoms with Gasteiger partial charge >= 0.3 is 0 Å². The van der Waals surface area contributed by atoms with E-state index in [-0.39, 0.29) is 24.3 Å². The Labute approximate surface area is 259 Å². The maximum Gasteiger partial charge on any atom is 0.269 e. The number of nitrogens with one attached hydrogen (secondary N) is 2. The second kappa shape index (κ2) is 13.1. The standard InChI is InChI=1S/C35H41N7O2/c1-3-33(43)42-18-17-41(22-27(42)12-14-36)32-19-29(35(44)38-21-25-8-6-15-37-20-25)39-30-23-40(16-13-28(30)32)31-11-5-10-26-9-4-7-24(2)34(26)31/h3-5,7,9-11,19,25,27,37H,1,6,8,12-13,15-18,20-23H2,2H3,(H,38,44)/t25-,27-/m0/s1. The third-order valence-corrected chi connectivity index (χ3v) is 9.38. The molecule has 4 heterocycles. The molecular weight excluding hydrogens is 550 g/mol. The average molecular weight is 592 g/mol. The maximum atomic E-state index is 13.6. The SMILES string of the molecule is C=CC(=O)N1CCN(c2cc(C(=O)NC[C@H]3CCCNC3)nc3c2CCN(c2cccc4cccc(C)c24)C3)C[C@@H]1CC#N. The lowest BCUT2D eigenvalue weighted by molar-refractivity contribution is -0.128. The molecule has 1 aromatic heterocycles. The van der Waals surface area contributed by atoms with Crippen LogP contribution in [0.5, 0.6) is 0 Å². The van der Waals surface area contributed by atoms with Crippen molar-refractivity contribution in [3.8, 4) is 6.07 Å². The summed E-state index contributed by atoms with van der Waals surface area (Å²) in [5.74, 6) is 0.101. The average Bonchev–Trinajstić information content (AvgIpc) is 3.06. The van der Waals surface area contributed by atoms with Crippen LogP contribution in [0.2, 0.25) is 0 Å². The molecule has 0 saturated carbocycles. The zero-order chi connectivity index (χ0) is 30.6. The predicted molar refractivity (Wildman–Crippen MR) is 174 cm³/mol. The first kappa shape index (κ1) is 29.6. The molecule has 2 saturated heterocycles. The van der Waals surface area contributed by atoms with Gasteiger partial charge in [0.1, 0.15) is 5.69 Å². The number of amides is 2. The van der Waals surface area contributed by atoms with E-state index >= 15 is 0 Å². The maximum absolute atomic E-state index is 13.6. The van der Waals surface area contributed by atoms with E-state index in [4.69, 9.17) is 4.98 Å². The highest BCUT2D eigenvalue weighted by molar-refractivity contribution is 5.97. The number of anilines is 2. The third kappa shape index (κ3) is 6.00. The van der Waals surface area contributed by atoms with Gasteiger partial charge in [0.2, 0.25) is 5.91 Å². The zero-order valence-electron chi connectivity index (χ0n) is 25.5. The van der Waals surface area contributed by atoms with Gasteiger partial charge in [-0.05, 0) is 74.4 Å². The van der Waals surface area contributed by atoms with E-state index in [1.807, 2.05) is 6.07 Å². The van der Waals surface area contributed by atoms with Gasteiger partial charge in [-0.25, -0.2) is 4.98 Å². The Kier molecular flexibility index (Phi) is 8.80. The first-order chi connectivity index (χ1) is 21.5. The van der Waals surface area contributed by atoms with Crippen LogP contribution in [0.4, 0.5) is 11.4 Å². The number of nitriles is 1. The molecule has 228 valence electrons. The van der Waals surface area contributed by atoms with Crippen LogP contribution >= 0.6 is 0 Å². The van der Waals surface area contributed by atoms with Crippen LogP contribution < -0.4 is 20.4 Å². The second-order valence-corrected chi connectivity index (χ2v) is 12.2. The van der Waals surface area contributed by atoms with E-state index in [2.05, 4.69) is 76.4 Å². The highest BCUT2D eigenvalue weighted by Crippen LogP contribution is 2.36. The minimum Gasteiger partial charge on any atom is -0.367 e. The molecule has 6 rings (SSSR count). The molecule has 0 bridgehead atoms. The Morgan fingerprint density at radius 2 is 2.00 bits per heavy atom. The van der Waals surface area contributed by atoms with Crippen molar-refractivity contribution in [1.82, 2.24) is 20.5 Å². The van der Waals surface area contributed by atoms with Crippen LogP contribution in [0.15, 0.2) is 55.1 Å². The highest BCUT2D eigenvalue weighted by Gasteiger charge is 2.33. The number of piperazine rings is 1. The first-order valence-corrected chi connectivity index (χ1v) is 15.8. The van der Waals surface area contributed by atoms with Crippen molar-refractivity contribution in [2.45, 2.75) is 45.2 Å². The minimum absolute atomic E-state index is 0.153. The molecule has 0 unspecified atom stereocenters. The second-order valence-electron chi connectivity index (χ2n) is 12.2. The Hall–Kier alpha value is -4.42. The van der Waals surface area contributed by atoms with Crippen LogP contribution in [0.3, 0.4) is 0 Å². The minimum atomic E-state index is -0.252. The summed E-state index contributed by atoms with van der Waals surface area (Å²) in [4.78, 5) is 37.5. The van der Waals surface area contributed by atoms with Crippen molar-refractivity contribution in [1.29, 1.82) is 5.26 Å². The zero-order valence-corrected chi connectivity index (χ0v) is 25.5. The molecule has 2 atom stereocenters. The van der Waals surface area contributed by atoms with Gasteiger partial charge in [0.25, 0.3) is 5.91 Å². The summed E-state index contributed by atoms with van der Waals surface area (Å²) in [5, 5.41) is 18.6. The number of rotatable bonds is 7. The normalized spacial score (nSPS) is 20.1. The molecule has 0 aliphatic carbocycles. The van der Waals surface area contributed by atoms with Crippen molar-refractivity contribution in [3.63, 3.8) is 0 Å². The van der Waals surface area contributed by atoms with Crippen molar-refractivity contribution < 1.29 is 9.59 Å². The van der Waals surface area contributed by atoms with Crippen molar-refractivity contribution in [3.05, 3.63) is 77.6 Å². The van der Waals surface area contributed by atoms with Crippen LogP contribution in [0, 0.1) is 24.2 Å². The molecule has 0 radical (unpaired) electrons. The fraction of sp³-hybridized carbons (Fsp3) is 0.429. The molecule has 2 N–H and O–H groups in total. The number of hydrogen-bond donors (Lipinski definition) is 2. The van der Waals surface area contributed by atoms with Crippen LogP contribution in [0.25, 0.3) is 10.8 Å². The Balaban J connectivity index is 1.34. The lowest BCUT2D eigenvalue weighted by atomic mass is 9.97. The number of fused-ring (bicyclic) bond motifs is 2. The largest absolute Gasteiger partial charge is 0.367 e. The molecule has 0 spiro atoms. The van der Waals surface area contributed by atoms with E-state index in [1.54, 1.807) is 4.90 Å². The van der Waals surface area contributed by atoms with Crippen molar-refractivity contribution in [2.75, 3.05) is 55.6 Å². The molecule has 44 heavy (non-hydrogen) atoms. The summed E-state index contributed by atoms with van der Waals surface area (Å²) in [6, 6.07) is 16.8. The van der Waals surface area contributed by atoms with Gasteiger partial charge in [-0.3, -0.25) is 9.59 Å². The quantitative estimate of drug-likeness (QED) is 0.401. The summed E-state index contributed by atoms with van der Waals surface area (Å²) in [5.41, 5.74) is 5.87. The summed E-state index contributed by atoms with van der Waals surface area (Å²) in [7, 11) is 0. The van der Waals surface area contributed by atoms with Crippen LogP contribution in [0.1, 0.15) is 46.6 Å². The topological polar surface area (TPSA) is 105 Å². The monoisotopic (exact) mass is 591 g/mol. The number of pyridine rings is 1. The molecule has 2 amide bonds. The molecule has 3 aliphatic rings. The van der Waals surface area contributed by atoms with E-state index in [0.29, 0.717) is 44.3 Å². The predicted octanol–water partition coefficient (Wildman–Crippen LogP) is 3.95. The Morgan fingerprint density at radius 1 is 1.16 bits per heavy atom. The fourth-order valence-corrected chi connectivity index (χ4v) is 7.08. The number of carbonyl (C=O) groups excluding carboxylic acids is 2. The van der Waals surface area contributed by atoms with Gasteiger partial charge in [-0.1, -0.05) is 36.9 Å². The van der Waals surface area contributed by atoms with E-state index in [1.165, 1.54) is 28.1 Å². The number of benzene rings is 2. The van der Waals surface area contributed by atoms with Gasteiger partial charge < -0.3 is 25.3 Å². The van der Waals surface area contributed by atoms with E-state index in [9.17, 15) is 14.9 Å². The highest BCUT2D eigenvalue weighted by atomic mass is 16.2. The number of nitrogens with zero attached hydrogens (tertiary/aromatic N) is 5. The Bertz CT molecular complexity index is 1600. The van der Waals surface area contributed by atoms with Crippen LogP contribution in [-0.2, 0) is 17.8 Å². The first-order valence-electron chi connectivity index (χ1n) is 15.8. The smallest absolute Gasteiger partial charge is 0.269 e. The summed E-state index contributed by atoms with van der Waals surface area (Å²) in [6.45, 7) is 11.4. The van der Waals surface area contributed by atoms with Crippen molar-refractivity contribution >= 4 is 34.0 Å². The number of hydrogen-bond acceptors (Lipinski definition) is 7. The van der Waals surface area contributed by atoms with Gasteiger partial charge in [-0.15, -0.1) is 0 Å². The van der Waals surface area contributed by atoms with Gasteiger partial charge in [0.05, 0.1) is 30.8 Å². The lowest BCUT2D eigenvalue weighted by Crippen LogP contribution is -2.55. The summed E-state index contributed by atoms with van der Waals surface area (Å²) in [6.07, 6.45) is 4.56. The molecule has 2 aromatic carbocycles. The summed E-state index contributed by atoms with van der Waals surface area (Å²) < 4.78 is 0. The molecule has 3 aliphatic heterocycles. The number of aromatic nitrogens is 1. The molecule has 9 heteroatoms. The van der Waals surface area contributed by atoms with Crippen LogP contribution in [-0.4, -0.2) is 73.6 Å². The summed E-state index contributed by atoms with van der Waals surface area (Å²) >= 11 is 0. The molecule has 9 nitrogen and oxygen atoms in total. The lowest BCUT2D eigenvalue weighted by Gasteiger charge is -2.43. The van der Waals surface area contributed by atoms with Gasteiger partial charge in [0.15, 0.2) is 0 Å². The third-order valence-electron chi connectivity index (χ3n) is 9.38. The van der Waals surface area contributed by atoms with E-state index in [0.717, 1.165) is 55.8 Å². The number of aryl methyl sites for hydroxylation is 1. The number of piperidine rings is 1. The van der Waals surface area contributed by atoms with Crippen molar-refractivity contribution in [2.24, 2.45) is 5.92 Å². The van der Waals surface area contributed by atoms with Gasteiger partial charge in [0, 0.05) is 55.0 Å². The number of carbonyl (C=O) groups is 2. The van der Waals surface area contributed by atoms with Gasteiger partial charge in [-0.2, -0.15) is 5.26 Å². The molecule has 2 fully saturated rings. The molecule has 3 aromatic rings. The molecular formula is C35H41N7O2. The van der Waals surface area contributed by atoms with E-state index < -0.39 is 0 Å².